The van der Waals surface area contributed by atoms with Gasteiger partial charge in [0.25, 0.3) is 0 Å². The monoisotopic (exact) mass is 288 g/mol. The smallest absolute Gasteiger partial charge is 0.0510 e. The Bertz CT molecular complexity index is 86.4. The van der Waals surface area contributed by atoms with Crippen LogP contribution in [0.2, 0.25) is 0 Å². The molecule has 0 aliphatic carbocycles. The molecule has 0 aliphatic rings. The molecule has 0 saturated heterocycles. The second-order valence-corrected chi connectivity index (χ2v) is 4.28. The van der Waals surface area contributed by atoms with Gasteiger partial charge in [0.2, 0.25) is 0 Å². The van der Waals surface area contributed by atoms with Gasteiger partial charge in [-0.3, -0.25) is 0 Å². The maximum Gasteiger partial charge on any atom is 0.0510 e. The zero-order chi connectivity index (χ0) is 8.74. The summed E-state index contributed by atoms with van der Waals surface area (Å²) in [5.74, 6) is 0. The van der Waals surface area contributed by atoms with Gasteiger partial charge in [-0.05, 0) is 12.8 Å². The molecule has 2 nitrogen and oxygen atoms in total. The molecule has 0 atom stereocenters. The number of rotatable bonds is 6. The van der Waals surface area contributed by atoms with Crippen molar-refractivity contribution in [3.8, 4) is 0 Å². The van der Waals surface area contributed by atoms with Crippen molar-refractivity contribution in [1.82, 2.24) is 0 Å². The summed E-state index contributed by atoms with van der Waals surface area (Å²) in [5, 5.41) is 19.7. The average molecular weight is 290 g/mol. The molecule has 0 bridgehead atoms. The number of hydrogen-bond acceptors (Lipinski definition) is 2. The van der Waals surface area contributed by atoms with Crippen molar-refractivity contribution in [2.75, 3.05) is 23.9 Å². The molecule has 0 aliphatic heterocycles. The maximum atomic E-state index is 9.04. The van der Waals surface area contributed by atoms with Crippen molar-refractivity contribution in [3.63, 3.8) is 0 Å². The second kappa shape index (κ2) is 6.40. The molecule has 11 heavy (non-hydrogen) atoms. The minimum absolute atomic E-state index is 0.0562. The van der Waals surface area contributed by atoms with Crippen LogP contribution in [0.5, 0.6) is 0 Å². The number of hydrogen-bond donors (Lipinski definition) is 2. The number of aliphatic hydroxyl groups is 2. The number of alkyl halides is 2. The molecule has 0 fully saturated rings. The number of halogens is 2. The van der Waals surface area contributed by atoms with Gasteiger partial charge in [0.15, 0.2) is 0 Å². The van der Waals surface area contributed by atoms with Crippen LogP contribution in [0.25, 0.3) is 0 Å². The predicted molar refractivity (Wildman–Crippen MR) is 53.4 cm³/mol. The lowest BCUT2D eigenvalue weighted by molar-refractivity contribution is 0.0504. The summed E-state index contributed by atoms with van der Waals surface area (Å²) in [7, 11) is 0. The van der Waals surface area contributed by atoms with Gasteiger partial charge < -0.3 is 10.2 Å². The molecular weight excluding hydrogens is 276 g/mol. The third-order valence-corrected chi connectivity index (χ3v) is 2.71. The lowest BCUT2D eigenvalue weighted by Crippen LogP contribution is -2.30. The summed E-state index contributed by atoms with van der Waals surface area (Å²) in [6.45, 7) is 0.112. The van der Waals surface area contributed by atoms with Crippen LogP contribution in [0, 0.1) is 5.41 Å². The van der Waals surface area contributed by atoms with Gasteiger partial charge in [-0.15, -0.1) is 0 Å². The van der Waals surface area contributed by atoms with E-state index in [1.54, 1.807) is 0 Å². The Balaban J connectivity index is 3.96. The van der Waals surface area contributed by atoms with Crippen LogP contribution in [0.3, 0.4) is 0 Å². The fourth-order valence-electron chi connectivity index (χ4n) is 0.892. The van der Waals surface area contributed by atoms with E-state index in [0.29, 0.717) is 0 Å². The predicted octanol–water partition coefficient (Wildman–Crippen LogP) is 1.53. The summed E-state index contributed by atoms with van der Waals surface area (Å²) < 4.78 is 0. The van der Waals surface area contributed by atoms with Gasteiger partial charge in [-0.1, -0.05) is 31.9 Å². The van der Waals surface area contributed by atoms with Gasteiger partial charge in [0.1, 0.15) is 0 Å². The highest BCUT2D eigenvalue weighted by molar-refractivity contribution is 9.09. The zero-order valence-corrected chi connectivity index (χ0v) is 9.56. The van der Waals surface area contributed by atoms with Crippen molar-refractivity contribution >= 4 is 31.9 Å². The molecule has 0 saturated carbocycles. The van der Waals surface area contributed by atoms with Crippen LogP contribution in [-0.4, -0.2) is 34.1 Å². The SMILES string of the molecule is OCC(CO)(CCBr)CCBr. The summed E-state index contributed by atoms with van der Waals surface area (Å²) in [6, 6.07) is 0. The highest BCUT2D eigenvalue weighted by Crippen LogP contribution is 2.26. The van der Waals surface area contributed by atoms with Crippen LogP contribution >= 0.6 is 31.9 Å². The Hall–Kier alpha value is 0.880. The highest BCUT2D eigenvalue weighted by Gasteiger charge is 2.26. The van der Waals surface area contributed by atoms with E-state index >= 15 is 0 Å². The first kappa shape index (κ1) is 11.9. The normalized spacial score (nSPS) is 12.0. The molecule has 68 valence electrons. The van der Waals surface area contributed by atoms with Crippen molar-refractivity contribution < 1.29 is 10.2 Å². The van der Waals surface area contributed by atoms with Gasteiger partial charge >= 0.3 is 0 Å². The Morgan fingerprint density at radius 1 is 0.909 bits per heavy atom. The van der Waals surface area contributed by atoms with E-state index in [2.05, 4.69) is 31.9 Å². The largest absolute Gasteiger partial charge is 0.396 e. The molecule has 0 aromatic carbocycles. The quantitative estimate of drug-likeness (QED) is 0.728. The molecule has 0 unspecified atom stereocenters. The van der Waals surface area contributed by atoms with E-state index in [-0.39, 0.29) is 18.6 Å². The molecular formula is C7H14Br2O2. The Morgan fingerprint density at radius 3 is 1.45 bits per heavy atom. The van der Waals surface area contributed by atoms with Crippen LogP contribution in [0.1, 0.15) is 12.8 Å². The first-order chi connectivity index (χ1) is 5.24. The lowest BCUT2D eigenvalue weighted by Gasteiger charge is -2.27. The maximum absolute atomic E-state index is 9.04. The van der Waals surface area contributed by atoms with Crippen molar-refractivity contribution in [3.05, 3.63) is 0 Å². The van der Waals surface area contributed by atoms with Crippen LogP contribution < -0.4 is 0 Å². The van der Waals surface area contributed by atoms with Crippen molar-refractivity contribution in [2.24, 2.45) is 5.41 Å². The zero-order valence-electron chi connectivity index (χ0n) is 6.39. The van der Waals surface area contributed by atoms with E-state index < -0.39 is 0 Å². The standard InChI is InChI=1S/C7H14Br2O2/c8-3-1-7(5-10,6-11)2-4-9/h10-11H,1-6H2. The molecule has 0 heterocycles. The van der Waals surface area contributed by atoms with E-state index in [4.69, 9.17) is 10.2 Å². The minimum Gasteiger partial charge on any atom is -0.396 e. The molecule has 0 radical (unpaired) electrons. The van der Waals surface area contributed by atoms with E-state index in [1.807, 2.05) is 0 Å². The van der Waals surface area contributed by atoms with Gasteiger partial charge in [-0.25, -0.2) is 0 Å². The third kappa shape index (κ3) is 3.87. The van der Waals surface area contributed by atoms with Crippen LogP contribution in [-0.2, 0) is 0 Å². The van der Waals surface area contributed by atoms with Crippen LogP contribution in [0.15, 0.2) is 0 Å². The topological polar surface area (TPSA) is 40.5 Å². The van der Waals surface area contributed by atoms with Gasteiger partial charge in [0.05, 0.1) is 13.2 Å². The van der Waals surface area contributed by atoms with E-state index in [0.717, 1.165) is 23.5 Å². The highest BCUT2D eigenvalue weighted by atomic mass is 79.9. The van der Waals surface area contributed by atoms with E-state index in [1.165, 1.54) is 0 Å². The molecule has 0 aromatic rings. The first-order valence-corrected chi connectivity index (χ1v) is 5.82. The second-order valence-electron chi connectivity index (χ2n) is 2.69. The fourth-order valence-corrected chi connectivity index (χ4v) is 2.57. The molecule has 0 aromatic heterocycles. The first-order valence-electron chi connectivity index (χ1n) is 3.58. The van der Waals surface area contributed by atoms with E-state index in [9.17, 15) is 0 Å². The van der Waals surface area contributed by atoms with Gasteiger partial charge in [-0.2, -0.15) is 0 Å². The van der Waals surface area contributed by atoms with Gasteiger partial charge in [0, 0.05) is 16.1 Å². The lowest BCUT2D eigenvalue weighted by atomic mass is 9.84. The summed E-state index contributed by atoms with van der Waals surface area (Å²) in [5.41, 5.74) is -0.299. The van der Waals surface area contributed by atoms with Crippen molar-refractivity contribution in [2.45, 2.75) is 12.8 Å². The Labute approximate surface area is 84.3 Å². The summed E-state index contributed by atoms with van der Waals surface area (Å²) >= 11 is 6.60. The molecule has 4 heteroatoms. The average Bonchev–Trinajstić information content (AvgIpc) is 2.04. The summed E-state index contributed by atoms with van der Waals surface area (Å²) in [6.07, 6.45) is 1.62. The summed E-state index contributed by atoms with van der Waals surface area (Å²) in [4.78, 5) is 0. The van der Waals surface area contributed by atoms with Crippen molar-refractivity contribution in [1.29, 1.82) is 0 Å². The molecule has 0 rings (SSSR count). The molecule has 0 spiro atoms. The third-order valence-electron chi connectivity index (χ3n) is 1.92. The Kier molecular flexibility index (Phi) is 6.91. The molecule has 0 amide bonds. The minimum atomic E-state index is -0.299. The number of aliphatic hydroxyl groups excluding tert-OH is 2. The molecule has 2 N–H and O–H groups in total. The Morgan fingerprint density at radius 2 is 1.27 bits per heavy atom. The fraction of sp³-hybridized carbons (Fsp3) is 1.00. The van der Waals surface area contributed by atoms with Crippen LogP contribution in [0.4, 0.5) is 0 Å².